The molecule has 2 aromatic heterocycles. The molecule has 18 heavy (non-hydrogen) atoms. The highest BCUT2D eigenvalue weighted by Crippen LogP contribution is 2.29. The van der Waals surface area contributed by atoms with Crippen LogP contribution in [0.2, 0.25) is 5.02 Å². The molecule has 0 aliphatic rings. The van der Waals surface area contributed by atoms with E-state index < -0.39 is 0 Å². The van der Waals surface area contributed by atoms with Crippen molar-refractivity contribution in [1.82, 2.24) is 9.97 Å². The molecule has 1 N–H and O–H groups in total. The molecule has 0 spiro atoms. The van der Waals surface area contributed by atoms with E-state index >= 15 is 0 Å². The van der Waals surface area contributed by atoms with Crippen LogP contribution in [0.25, 0.3) is 10.2 Å². The summed E-state index contributed by atoms with van der Waals surface area (Å²) in [5.74, 6) is 0.767. The first-order valence-electron chi connectivity index (χ1n) is 5.15. The van der Waals surface area contributed by atoms with Crippen molar-refractivity contribution >= 4 is 60.0 Å². The van der Waals surface area contributed by atoms with Crippen LogP contribution in [-0.2, 0) is 0 Å². The minimum atomic E-state index is 0.722. The van der Waals surface area contributed by atoms with Gasteiger partial charge in [-0.1, -0.05) is 22.9 Å². The van der Waals surface area contributed by atoms with E-state index in [9.17, 15) is 0 Å². The van der Waals surface area contributed by atoms with Crippen molar-refractivity contribution in [3.8, 4) is 0 Å². The lowest BCUT2D eigenvalue weighted by atomic mass is 10.3. The van der Waals surface area contributed by atoms with Gasteiger partial charge in [-0.25, -0.2) is 9.97 Å². The third-order valence-corrected chi connectivity index (χ3v) is 3.95. The van der Waals surface area contributed by atoms with Crippen LogP contribution in [0.1, 0.15) is 0 Å². The Morgan fingerprint density at radius 1 is 1.22 bits per heavy atom. The first-order valence-corrected chi connectivity index (χ1v) is 7.14. The van der Waals surface area contributed by atoms with Gasteiger partial charge in [0.25, 0.3) is 0 Å². The predicted octanol–water partition coefficient (Wildman–Crippen LogP) is 4.85. The van der Waals surface area contributed by atoms with E-state index in [-0.39, 0.29) is 0 Å². The van der Waals surface area contributed by atoms with Gasteiger partial charge in [0.15, 0.2) is 5.13 Å². The molecule has 3 nitrogen and oxygen atoms in total. The number of pyridine rings is 1. The number of benzene rings is 1. The van der Waals surface area contributed by atoms with E-state index in [1.54, 1.807) is 17.5 Å². The highest BCUT2D eigenvalue weighted by atomic mass is 79.9. The highest BCUT2D eigenvalue weighted by molar-refractivity contribution is 9.10. The summed E-state index contributed by atoms with van der Waals surface area (Å²) in [7, 11) is 0. The maximum Gasteiger partial charge on any atom is 0.189 e. The van der Waals surface area contributed by atoms with Gasteiger partial charge < -0.3 is 5.32 Å². The molecule has 2 heterocycles. The lowest BCUT2D eigenvalue weighted by molar-refractivity contribution is 1.28. The Bertz CT molecular complexity index is 696. The molecular weight excluding hydrogens is 334 g/mol. The first-order chi connectivity index (χ1) is 8.70. The highest BCUT2D eigenvalue weighted by Gasteiger charge is 2.05. The number of fused-ring (bicyclic) bond motifs is 1. The zero-order chi connectivity index (χ0) is 12.5. The minimum Gasteiger partial charge on any atom is -0.316 e. The number of rotatable bonds is 2. The molecule has 0 aliphatic heterocycles. The Kier molecular flexibility index (Phi) is 3.20. The topological polar surface area (TPSA) is 37.8 Å². The Balaban J connectivity index is 1.92. The van der Waals surface area contributed by atoms with E-state index in [4.69, 9.17) is 11.6 Å². The summed E-state index contributed by atoms with van der Waals surface area (Å²) in [4.78, 5) is 8.71. The third-order valence-electron chi connectivity index (χ3n) is 2.31. The standard InChI is InChI=1S/C12H7BrClN3S/c13-7-1-4-11(15-6-7)17-12-16-9-3-2-8(14)5-10(9)18-12/h1-6H,(H,15,16,17). The predicted molar refractivity (Wildman–Crippen MR) is 79.8 cm³/mol. The smallest absolute Gasteiger partial charge is 0.189 e. The Morgan fingerprint density at radius 2 is 2.11 bits per heavy atom. The molecule has 0 unspecified atom stereocenters. The lowest BCUT2D eigenvalue weighted by Gasteiger charge is -2.00. The Labute approximate surface area is 121 Å². The number of nitrogens with zero attached hydrogens (tertiary/aromatic N) is 2. The molecular formula is C12H7BrClN3S. The molecule has 0 amide bonds. The fraction of sp³-hybridized carbons (Fsp3) is 0. The molecule has 0 radical (unpaired) electrons. The van der Waals surface area contributed by atoms with Gasteiger partial charge in [0, 0.05) is 15.7 Å². The van der Waals surface area contributed by atoms with Crippen LogP contribution < -0.4 is 5.32 Å². The Hall–Kier alpha value is -1.17. The maximum atomic E-state index is 5.95. The van der Waals surface area contributed by atoms with Gasteiger partial charge in [-0.15, -0.1) is 0 Å². The van der Waals surface area contributed by atoms with Crippen LogP contribution in [0.3, 0.4) is 0 Å². The number of aromatic nitrogens is 2. The summed E-state index contributed by atoms with van der Waals surface area (Å²) < 4.78 is 2.01. The summed E-state index contributed by atoms with van der Waals surface area (Å²) in [6.45, 7) is 0. The van der Waals surface area contributed by atoms with Crippen LogP contribution in [0, 0.1) is 0 Å². The molecule has 3 rings (SSSR count). The van der Waals surface area contributed by atoms with Gasteiger partial charge >= 0.3 is 0 Å². The third kappa shape index (κ3) is 2.48. The number of hydrogen-bond acceptors (Lipinski definition) is 4. The van der Waals surface area contributed by atoms with E-state index in [1.807, 2.05) is 30.3 Å². The van der Waals surface area contributed by atoms with Crippen molar-refractivity contribution in [1.29, 1.82) is 0 Å². The average molecular weight is 341 g/mol. The van der Waals surface area contributed by atoms with Crippen LogP contribution in [0.4, 0.5) is 10.9 Å². The number of anilines is 2. The molecule has 90 valence electrons. The lowest BCUT2D eigenvalue weighted by Crippen LogP contribution is -1.91. The molecule has 6 heteroatoms. The molecule has 0 fully saturated rings. The summed E-state index contributed by atoms with van der Waals surface area (Å²) in [6, 6.07) is 9.48. The van der Waals surface area contributed by atoms with Gasteiger partial charge in [0.2, 0.25) is 0 Å². The second-order valence-corrected chi connectivity index (χ2v) is 6.00. The molecule has 0 bridgehead atoms. The fourth-order valence-corrected chi connectivity index (χ4v) is 2.89. The van der Waals surface area contributed by atoms with E-state index in [0.29, 0.717) is 0 Å². The van der Waals surface area contributed by atoms with Gasteiger partial charge in [0.1, 0.15) is 5.82 Å². The molecule has 1 aromatic carbocycles. The van der Waals surface area contributed by atoms with Crippen LogP contribution in [0.5, 0.6) is 0 Å². The Morgan fingerprint density at radius 3 is 2.89 bits per heavy atom. The summed E-state index contributed by atoms with van der Waals surface area (Å²) in [6.07, 6.45) is 1.74. The second-order valence-electron chi connectivity index (χ2n) is 3.62. The van der Waals surface area contributed by atoms with Crippen molar-refractivity contribution in [2.75, 3.05) is 5.32 Å². The summed E-state index contributed by atoms with van der Waals surface area (Å²) >= 11 is 10.8. The monoisotopic (exact) mass is 339 g/mol. The van der Waals surface area contributed by atoms with Crippen molar-refractivity contribution in [2.24, 2.45) is 0 Å². The second kappa shape index (κ2) is 4.84. The van der Waals surface area contributed by atoms with E-state index in [0.717, 1.165) is 30.7 Å². The van der Waals surface area contributed by atoms with Crippen molar-refractivity contribution in [2.45, 2.75) is 0 Å². The number of nitrogens with one attached hydrogen (secondary N) is 1. The van der Waals surface area contributed by atoms with Gasteiger partial charge in [0.05, 0.1) is 10.2 Å². The fourth-order valence-electron chi connectivity index (χ4n) is 1.51. The van der Waals surface area contributed by atoms with E-state index in [2.05, 4.69) is 31.2 Å². The van der Waals surface area contributed by atoms with Crippen molar-refractivity contribution in [3.63, 3.8) is 0 Å². The maximum absolute atomic E-state index is 5.95. The number of hydrogen-bond donors (Lipinski definition) is 1. The quantitative estimate of drug-likeness (QED) is 0.724. The van der Waals surface area contributed by atoms with Crippen molar-refractivity contribution in [3.05, 3.63) is 46.0 Å². The molecule has 0 aliphatic carbocycles. The van der Waals surface area contributed by atoms with Gasteiger partial charge in [-0.3, -0.25) is 0 Å². The van der Waals surface area contributed by atoms with Crippen LogP contribution in [0.15, 0.2) is 41.0 Å². The average Bonchev–Trinajstić information content (AvgIpc) is 2.73. The SMILES string of the molecule is Clc1ccc2nc(Nc3ccc(Br)cn3)sc2c1. The molecule has 0 saturated heterocycles. The normalized spacial score (nSPS) is 10.8. The van der Waals surface area contributed by atoms with Crippen LogP contribution in [-0.4, -0.2) is 9.97 Å². The van der Waals surface area contributed by atoms with Crippen LogP contribution >= 0.6 is 38.9 Å². The largest absolute Gasteiger partial charge is 0.316 e. The number of halogens is 2. The molecule has 0 saturated carbocycles. The molecule has 0 atom stereocenters. The number of thiazole rings is 1. The van der Waals surface area contributed by atoms with Gasteiger partial charge in [-0.05, 0) is 46.3 Å². The zero-order valence-electron chi connectivity index (χ0n) is 9.02. The van der Waals surface area contributed by atoms with Crippen molar-refractivity contribution < 1.29 is 0 Å². The summed E-state index contributed by atoms with van der Waals surface area (Å²) in [5, 5.41) is 4.70. The summed E-state index contributed by atoms with van der Waals surface area (Å²) in [5.41, 5.74) is 0.934. The van der Waals surface area contributed by atoms with Gasteiger partial charge in [-0.2, -0.15) is 0 Å². The minimum absolute atomic E-state index is 0.722. The molecule has 3 aromatic rings. The van der Waals surface area contributed by atoms with E-state index in [1.165, 1.54) is 0 Å². The first kappa shape index (κ1) is 11.9. The zero-order valence-corrected chi connectivity index (χ0v) is 12.2.